The fourth-order valence-corrected chi connectivity index (χ4v) is 4.44. The summed E-state index contributed by atoms with van der Waals surface area (Å²) in [4.78, 5) is 25.3. The molecule has 2 aliphatic rings. The van der Waals surface area contributed by atoms with E-state index in [4.69, 9.17) is 20.8 Å². The molecule has 5 rings (SSSR count). The van der Waals surface area contributed by atoms with Crippen molar-refractivity contribution in [1.29, 1.82) is 0 Å². The Balaban J connectivity index is 1.76. The van der Waals surface area contributed by atoms with E-state index in [1.165, 1.54) is 0 Å². The van der Waals surface area contributed by atoms with Crippen molar-refractivity contribution in [2.45, 2.75) is 38.7 Å². The molecule has 4 nitrogen and oxygen atoms in total. The lowest BCUT2D eigenvalue weighted by molar-refractivity contribution is 0.0852. The molecule has 1 aliphatic carbocycles. The summed E-state index contributed by atoms with van der Waals surface area (Å²) in [6.07, 6.45) is 2.33. The van der Waals surface area contributed by atoms with Crippen LogP contribution in [0.4, 0.5) is 0 Å². The van der Waals surface area contributed by atoms with Gasteiger partial charge in [0.1, 0.15) is 17.4 Å². The Morgan fingerprint density at radius 2 is 1.81 bits per heavy atom. The molecule has 0 N–H and O–H groups in total. The molecule has 1 unspecified atom stereocenters. The summed E-state index contributed by atoms with van der Waals surface area (Å²) in [6.45, 7) is 1.86. The Kier molecular flexibility index (Phi) is 3.66. The molecule has 0 spiro atoms. The van der Waals surface area contributed by atoms with Crippen molar-refractivity contribution in [2.24, 2.45) is 0 Å². The van der Waals surface area contributed by atoms with Gasteiger partial charge in [-0.25, -0.2) is 4.79 Å². The van der Waals surface area contributed by atoms with Crippen LogP contribution < -0.4 is 10.4 Å². The van der Waals surface area contributed by atoms with Crippen molar-refractivity contribution < 1.29 is 13.9 Å². The Hall–Kier alpha value is -2.59. The molecule has 3 aromatic rings. The number of aryl methyl sites for hydroxylation is 2. The second-order valence-electron chi connectivity index (χ2n) is 7.26. The first-order chi connectivity index (χ1) is 13.0. The SMILES string of the molecule is Cc1cc2oc(=O)c3c(c2c2c1C(=O)CC(c1ccc(Cl)cc1)O2)CCC3. The molecule has 0 saturated heterocycles. The van der Waals surface area contributed by atoms with Crippen molar-refractivity contribution in [3.05, 3.63) is 73.6 Å². The average molecular weight is 381 g/mol. The van der Waals surface area contributed by atoms with Crippen LogP contribution in [0.5, 0.6) is 5.75 Å². The molecule has 5 heteroatoms. The third-order valence-corrected chi connectivity index (χ3v) is 5.81. The molecule has 0 saturated carbocycles. The van der Waals surface area contributed by atoms with Crippen LogP contribution in [0, 0.1) is 6.92 Å². The Morgan fingerprint density at radius 1 is 1.07 bits per heavy atom. The summed E-state index contributed by atoms with van der Waals surface area (Å²) >= 11 is 5.99. The van der Waals surface area contributed by atoms with Gasteiger partial charge in [-0.05, 0) is 61.1 Å². The number of Topliss-reactive ketones (excluding diaryl/α,β-unsaturated/α-hetero) is 1. The maximum atomic E-state index is 13.0. The fraction of sp³-hybridized carbons (Fsp3) is 0.273. The Morgan fingerprint density at radius 3 is 2.59 bits per heavy atom. The van der Waals surface area contributed by atoms with Crippen LogP contribution in [0.2, 0.25) is 5.02 Å². The van der Waals surface area contributed by atoms with Gasteiger partial charge in [-0.15, -0.1) is 0 Å². The van der Waals surface area contributed by atoms with Gasteiger partial charge >= 0.3 is 5.63 Å². The highest BCUT2D eigenvalue weighted by atomic mass is 35.5. The molecule has 0 fully saturated rings. The first-order valence-corrected chi connectivity index (χ1v) is 9.48. The van der Waals surface area contributed by atoms with Crippen molar-refractivity contribution in [2.75, 3.05) is 0 Å². The second-order valence-corrected chi connectivity index (χ2v) is 7.69. The largest absolute Gasteiger partial charge is 0.484 e. The monoisotopic (exact) mass is 380 g/mol. The number of ketones is 1. The predicted molar refractivity (Wildman–Crippen MR) is 103 cm³/mol. The van der Waals surface area contributed by atoms with Crippen LogP contribution in [-0.2, 0) is 12.8 Å². The highest BCUT2D eigenvalue weighted by molar-refractivity contribution is 6.30. The number of halogens is 1. The molecule has 1 atom stereocenters. The molecule has 0 radical (unpaired) electrons. The molecule has 2 heterocycles. The van der Waals surface area contributed by atoms with Gasteiger partial charge in [0.25, 0.3) is 0 Å². The van der Waals surface area contributed by atoms with Crippen molar-refractivity contribution in [3.63, 3.8) is 0 Å². The lowest BCUT2D eigenvalue weighted by Gasteiger charge is -2.28. The molecule has 1 aliphatic heterocycles. The molecule has 136 valence electrons. The van der Waals surface area contributed by atoms with Crippen molar-refractivity contribution in [1.82, 2.24) is 0 Å². The van der Waals surface area contributed by atoms with E-state index in [0.29, 0.717) is 28.3 Å². The van der Waals surface area contributed by atoms with Crippen LogP contribution >= 0.6 is 11.6 Å². The van der Waals surface area contributed by atoms with Crippen LogP contribution in [0.1, 0.15) is 51.6 Å². The molecule has 0 bridgehead atoms. The second kappa shape index (κ2) is 5.96. The number of benzene rings is 2. The van der Waals surface area contributed by atoms with Gasteiger partial charge in [0.2, 0.25) is 0 Å². The van der Waals surface area contributed by atoms with E-state index in [0.717, 1.165) is 40.5 Å². The average Bonchev–Trinajstić information content (AvgIpc) is 3.12. The van der Waals surface area contributed by atoms with Gasteiger partial charge in [0.05, 0.1) is 17.4 Å². The summed E-state index contributed by atoms with van der Waals surface area (Å²) < 4.78 is 11.9. The summed E-state index contributed by atoms with van der Waals surface area (Å²) in [5.74, 6) is 0.608. The minimum absolute atomic E-state index is 0.0496. The minimum atomic E-state index is -0.378. The molecule has 0 amide bonds. The quantitative estimate of drug-likeness (QED) is 0.560. The van der Waals surface area contributed by atoms with E-state index in [9.17, 15) is 9.59 Å². The van der Waals surface area contributed by atoms with E-state index in [-0.39, 0.29) is 23.9 Å². The van der Waals surface area contributed by atoms with Gasteiger partial charge in [-0.1, -0.05) is 23.7 Å². The number of fused-ring (bicyclic) bond motifs is 5. The van der Waals surface area contributed by atoms with Crippen molar-refractivity contribution >= 4 is 28.4 Å². The molecule has 2 aromatic carbocycles. The fourth-order valence-electron chi connectivity index (χ4n) is 4.31. The van der Waals surface area contributed by atoms with Crippen LogP contribution in [-0.4, -0.2) is 5.78 Å². The third kappa shape index (κ3) is 2.51. The molecule has 27 heavy (non-hydrogen) atoms. The van der Waals surface area contributed by atoms with E-state index in [1.54, 1.807) is 18.2 Å². The molecule has 1 aromatic heterocycles. The van der Waals surface area contributed by atoms with Crippen LogP contribution in [0.25, 0.3) is 11.0 Å². The summed E-state index contributed by atoms with van der Waals surface area (Å²) in [5.41, 5.74) is 4.21. The highest BCUT2D eigenvalue weighted by Crippen LogP contribution is 2.44. The van der Waals surface area contributed by atoms with Crippen LogP contribution in [0.15, 0.2) is 39.5 Å². The van der Waals surface area contributed by atoms with Gasteiger partial charge in [0, 0.05) is 10.6 Å². The highest BCUT2D eigenvalue weighted by Gasteiger charge is 2.33. The van der Waals surface area contributed by atoms with E-state index in [2.05, 4.69) is 0 Å². The third-order valence-electron chi connectivity index (χ3n) is 5.56. The van der Waals surface area contributed by atoms with Crippen molar-refractivity contribution in [3.8, 4) is 5.75 Å². The van der Waals surface area contributed by atoms with E-state index in [1.807, 2.05) is 19.1 Å². The lowest BCUT2D eigenvalue weighted by atomic mass is 9.90. The van der Waals surface area contributed by atoms with E-state index >= 15 is 0 Å². The Labute approximate surface area is 160 Å². The standard InChI is InChI=1S/C22H17ClO4/c1-11-9-18-20(14-3-2-4-15(14)22(25)27-18)21-19(11)16(24)10-17(26-21)12-5-7-13(23)8-6-12/h5-9,17H,2-4,10H2,1H3. The number of rotatable bonds is 1. The number of hydrogen-bond acceptors (Lipinski definition) is 4. The molecular formula is C22H17ClO4. The summed E-state index contributed by atoms with van der Waals surface area (Å²) in [6, 6.07) is 9.15. The van der Waals surface area contributed by atoms with Crippen LogP contribution in [0.3, 0.4) is 0 Å². The minimum Gasteiger partial charge on any atom is -0.484 e. The zero-order chi connectivity index (χ0) is 18.7. The lowest BCUT2D eigenvalue weighted by Crippen LogP contribution is -2.22. The first-order valence-electron chi connectivity index (χ1n) is 9.10. The molecular weight excluding hydrogens is 364 g/mol. The topological polar surface area (TPSA) is 56.5 Å². The smallest absolute Gasteiger partial charge is 0.339 e. The summed E-state index contributed by atoms with van der Waals surface area (Å²) in [5, 5.41) is 1.43. The number of hydrogen-bond donors (Lipinski definition) is 0. The van der Waals surface area contributed by atoms with Gasteiger partial charge in [-0.2, -0.15) is 0 Å². The Bertz CT molecular complexity index is 1160. The predicted octanol–water partition coefficient (Wildman–Crippen LogP) is 4.95. The zero-order valence-corrected chi connectivity index (χ0v) is 15.6. The number of carbonyl (C=O) groups excluding carboxylic acids is 1. The van der Waals surface area contributed by atoms with Gasteiger partial charge in [0.15, 0.2) is 5.78 Å². The maximum Gasteiger partial charge on any atom is 0.339 e. The van der Waals surface area contributed by atoms with Gasteiger partial charge < -0.3 is 9.15 Å². The van der Waals surface area contributed by atoms with E-state index < -0.39 is 0 Å². The van der Waals surface area contributed by atoms with Gasteiger partial charge in [-0.3, -0.25) is 4.79 Å². The maximum absolute atomic E-state index is 13.0. The normalized spacial score (nSPS) is 18.3. The number of ether oxygens (including phenoxy) is 1. The zero-order valence-electron chi connectivity index (χ0n) is 14.8. The summed E-state index contributed by atoms with van der Waals surface area (Å²) in [7, 11) is 0. The first kappa shape index (κ1) is 16.6. The number of carbonyl (C=O) groups is 1.